The lowest BCUT2D eigenvalue weighted by Crippen LogP contribution is -2.53. The van der Waals surface area contributed by atoms with Crippen LogP contribution in [0.15, 0.2) is 17.8 Å². The van der Waals surface area contributed by atoms with Crippen molar-refractivity contribution >= 4 is 6.08 Å². The van der Waals surface area contributed by atoms with Gasteiger partial charge in [-0.05, 0) is 91.7 Å². The number of aryl methyl sites for hydroxylation is 1. The molecule has 148 valence electrons. The van der Waals surface area contributed by atoms with Gasteiger partial charge >= 0.3 is 0 Å². The van der Waals surface area contributed by atoms with Crippen molar-refractivity contribution in [3.8, 4) is 0 Å². The molecule has 27 heavy (non-hydrogen) atoms. The van der Waals surface area contributed by atoms with Crippen LogP contribution in [-0.4, -0.2) is 21.0 Å². The first-order valence-electron chi connectivity index (χ1n) is 11.3. The summed E-state index contributed by atoms with van der Waals surface area (Å²) in [5.74, 6) is 3.33. The SMILES string of the molecule is Cn1nccc1/C=C1/C[C@@H]2[C@H]3CC[C@H]4CCCC[C@]4(C)[C@@H]3CC[C@@]2(C)[C@H]1O. The Labute approximate surface area is 164 Å². The fourth-order valence-corrected chi connectivity index (χ4v) is 8.01. The van der Waals surface area contributed by atoms with Crippen LogP contribution in [0.2, 0.25) is 0 Å². The van der Waals surface area contributed by atoms with Gasteiger partial charge in [0.15, 0.2) is 0 Å². The van der Waals surface area contributed by atoms with Crippen molar-refractivity contribution in [2.75, 3.05) is 0 Å². The first kappa shape index (κ1) is 18.0. The Morgan fingerprint density at radius 1 is 1.07 bits per heavy atom. The maximum absolute atomic E-state index is 11.3. The molecule has 4 saturated carbocycles. The van der Waals surface area contributed by atoms with Crippen LogP contribution >= 0.6 is 0 Å². The Morgan fingerprint density at radius 3 is 2.70 bits per heavy atom. The maximum atomic E-state index is 11.3. The molecular formula is C24H36N2O. The van der Waals surface area contributed by atoms with E-state index in [2.05, 4.69) is 31.1 Å². The standard InChI is InChI=1S/C24H36N2O/c1-23-11-5-4-6-17(23)7-8-19-20(23)9-12-24(2)21(19)15-16(22(24)27)14-18-10-13-25-26(18)3/h10,13-14,17,19-22,27H,4-9,11-12,15H2,1-3H3/b16-14-/t17-,19+,20-,21-,22+,23+,24-/m1/s1. The molecule has 1 aromatic rings. The average molecular weight is 369 g/mol. The molecule has 1 aromatic heterocycles. The van der Waals surface area contributed by atoms with Gasteiger partial charge in [-0.2, -0.15) is 5.10 Å². The number of aliphatic hydroxyl groups is 1. The van der Waals surface area contributed by atoms with E-state index in [4.69, 9.17) is 0 Å². The van der Waals surface area contributed by atoms with Crippen molar-refractivity contribution in [1.29, 1.82) is 0 Å². The van der Waals surface area contributed by atoms with Gasteiger partial charge in [0, 0.05) is 18.7 Å². The Balaban J connectivity index is 1.47. The zero-order chi connectivity index (χ0) is 18.8. The van der Waals surface area contributed by atoms with Gasteiger partial charge < -0.3 is 5.11 Å². The molecule has 5 rings (SSSR count). The van der Waals surface area contributed by atoms with E-state index in [1.807, 2.05) is 17.9 Å². The van der Waals surface area contributed by atoms with E-state index in [-0.39, 0.29) is 11.5 Å². The van der Waals surface area contributed by atoms with Crippen molar-refractivity contribution in [2.24, 2.45) is 41.5 Å². The smallest absolute Gasteiger partial charge is 0.0810 e. The summed E-state index contributed by atoms with van der Waals surface area (Å²) in [5, 5.41) is 15.6. The first-order chi connectivity index (χ1) is 12.9. The molecule has 0 aromatic carbocycles. The third kappa shape index (κ3) is 2.53. The number of hydrogen-bond donors (Lipinski definition) is 1. The Bertz CT molecular complexity index is 751. The van der Waals surface area contributed by atoms with E-state index < -0.39 is 0 Å². The molecule has 1 N–H and O–H groups in total. The number of rotatable bonds is 1. The lowest BCUT2D eigenvalue weighted by molar-refractivity contribution is -0.119. The van der Waals surface area contributed by atoms with Crippen molar-refractivity contribution in [1.82, 2.24) is 9.78 Å². The Hall–Kier alpha value is -1.09. The Kier molecular flexibility index (Phi) is 4.13. The molecule has 0 aliphatic heterocycles. The zero-order valence-corrected chi connectivity index (χ0v) is 17.3. The molecular weight excluding hydrogens is 332 g/mol. The third-order valence-electron chi connectivity index (χ3n) is 9.64. The minimum absolute atomic E-state index is 0.0729. The summed E-state index contributed by atoms with van der Waals surface area (Å²) in [7, 11) is 1.99. The van der Waals surface area contributed by atoms with Crippen LogP contribution in [-0.2, 0) is 7.05 Å². The van der Waals surface area contributed by atoms with Gasteiger partial charge in [0.25, 0.3) is 0 Å². The molecule has 0 saturated heterocycles. The van der Waals surface area contributed by atoms with Crippen LogP contribution in [0.4, 0.5) is 0 Å². The van der Waals surface area contributed by atoms with Gasteiger partial charge in [0.05, 0.1) is 11.8 Å². The summed E-state index contributed by atoms with van der Waals surface area (Å²) in [6.07, 6.45) is 16.1. The second kappa shape index (κ2) is 6.20. The second-order valence-corrected chi connectivity index (χ2v) is 10.7. The van der Waals surface area contributed by atoms with Crippen LogP contribution in [0.1, 0.15) is 77.3 Å². The van der Waals surface area contributed by atoms with Gasteiger partial charge in [0.1, 0.15) is 0 Å². The van der Waals surface area contributed by atoms with E-state index in [0.29, 0.717) is 11.3 Å². The maximum Gasteiger partial charge on any atom is 0.0810 e. The van der Waals surface area contributed by atoms with E-state index >= 15 is 0 Å². The van der Waals surface area contributed by atoms with Gasteiger partial charge in [-0.1, -0.05) is 26.7 Å². The lowest BCUT2D eigenvalue weighted by atomic mass is 9.45. The fourth-order valence-electron chi connectivity index (χ4n) is 8.01. The quantitative estimate of drug-likeness (QED) is 0.739. The summed E-state index contributed by atoms with van der Waals surface area (Å²) >= 11 is 0. The number of fused-ring (bicyclic) bond motifs is 5. The molecule has 0 spiro atoms. The largest absolute Gasteiger partial charge is 0.388 e. The minimum Gasteiger partial charge on any atom is -0.388 e. The van der Waals surface area contributed by atoms with Gasteiger partial charge in [-0.15, -0.1) is 0 Å². The summed E-state index contributed by atoms with van der Waals surface area (Å²) in [6, 6.07) is 2.06. The van der Waals surface area contributed by atoms with E-state index in [1.165, 1.54) is 56.9 Å². The van der Waals surface area contributed by atoms with E-state index in [1.54, 1.807) is 0 Å². The monoisotopic (exact) mass is 368 g/mol. The highest BCUT2D eigenvalue weighted by Crippen LogP contribution is 2.66. The molecule has 0 radical (unpaired) electrons. The highest BCUT2D eigenvalue weighted by molar-refractivity contribution is 5.52. The van der Waals surface area contributed by atoms with Crippen LogP contribution in [0.25, 0.3) is 6.08 Å². The minimum atomic E-state index is -0.282. The van der Waals surface area contributed by atoms with E-state index in [0.717, 1.165) is 29.9 Å². The van der Waals surface area contributed by atoms with Gasteiger partial charge in [-0.3, -0.25) is 4.68 Å². The average Bonchev–Trinajstić information content (AvgIpc) is 3.17. The van der Waals surface area contributed by atoms with Gasteiger partial charge in [0.2, 0.25) is 0 Å². The first-order valence-corrected chi connectivity index (χ1v) is 11.3. The van der Waals surface area contributed by atoms with Crippen LogP contribution in [0, 0.1) is 34.5 Å². The normalized spacial score (nSPS) is 48.1. The number of aromatic nitrogens is 2. The number of nitrogens with zero attached hydrogens (tertiary/aromatic N) is 2. The van der Waals surface area contributed by atoms with Crippen molar-refractivity contribution < 1.29 is 5.11 Å². The lowest BCUT2D eigenvalue weighted by Gasteiger charge is -2.60. The topological polar surface area (TPSA) is 38.0 Å². The summed E-state index contributed by atoms with van der Waals surface area (Å²) in [4.78, 5) is 0. The molecule has 3 heteroatoms. The molecule has 0 unspecified atom stereocenters. The molecule has 4 aliphatic rings. The molecule has 3 nitrogen and oxygen atoms in total. The van der Waals surface area contributed by atoms with Crippen molar-refractivity contribution in [2.45, 2.75) is 77.7 Å². The summed E-state index contributed by atoms with van der Waals surface area (Å²) in [5.41, 5.74) is 3.01. The number of aliphatic hydroxyl groups excluding tert-OH is 1. The zero-order valence-electron chi connectivity index (χ0n) is 17.3. The molecule has 0 amide bonds. The summed E-state index contributed by atoms with van der Waals surface area (Å²) < 4.78 is 1.92. The molecule has 4 fully saturated rings. The highest BCUT2D eigenvalue weighted by atomic mass is 16.3. The van der Waals surface area contributed by atoms with Gasteiger partial charge in [-0.25, -0.2) is 0 Å². The third-order valence-corrected chi connectivity index (χ3v) is 9.64. The predicted molar refractivity (Wildman–Crippen MR) is 109 cm³/mol. The summed E-state index contributed by atoms with van der Waals surface area (Å²) in [6.45, 7) is 5.02. The van der Waals surface area contributed by atoms with E-state index in [9.17, 15) is 5.11 Å². The molecule has 1 heterocycles. The Morgan fingerprint density at radius 2 is 1.93 bits per heavy atom. The van der Waals surface area contributed by atoms with Crippen molar-refractivity contribution in [3.63, 3.8) is 0 Å². The van der Waals surface area contributed by atoms with Crippen LogP contribution in [0.5, 0.6) is 0 Å². The predicted octanol–water partition coefficient (Wildman–Crippen LogP) is 5.21. The molecule has 0 bridgehead atoms. The fraction of sp³-hybridized carbons (Fsp3) is 0.792. The van der Waals surface area contributed by atoms with Crippen LogP contribution in [0.3, 0.4) is 0 Å². The second-order valence-electron chi connectivity index (χ2n) is 10.7. The van der Waals surface area contributed by atoms with Crippen molar-refractivity contribution in [3.05, 3.63) is 23.5 Å². The number of hydrogen-bond acceptors (Lipinski definition) is 2. The van der Waals surface area contributed by atoms with Crippen LogP contribution < -0.4 is 0 Å². The highest BCUT2D eigenvalue weighted by Gasteiger charge is 2.60. The molecule has 4 aliphatic carbocycles. The molecule has 7 atom stereocenters.